The summed E-state index contributed by atoms with van der Waals surface area (Å²) in [6, 6.07) is 1.87. The predicted octanol–water partition coefficient (Wildman–Crippen LogP) is 1.03. The summed E-state index contributed by atoms with van der Waals surface area (Å²) in [5.41, 5.74) is 0. The molecule has 5 heteroatoms. The Morgan fingerprint density at radius 2 is 1.83 bits per heavy atom. The molecule has 4 nitrogen and oxygen atoms in total. The van der Waals surface area contributed by atoms with Gasteiger partial charge in [-0.3, -0.25) is 4.90 Å². The highest BCUT2D eigenvalue weighted by molar-refractivity contribution is 7.90. The molecular weight excluding hydrogens is 248 g/mol. The number of piperidine rings is 1. The molecule has 0 spiro atoms. The summed E-state index contributed by atoms with van der Waals surface area (Å²) in [6.07, 6.45) is 7.41. The highest BCUT2D eigenvalue weighted by Gasteiger charge is 2.40. The van der Waals surface area contributed by atoms with Crippen LogP contribution in [0.2, 0.25) is 0 Å². The van der Waals surface area contributed by atoms with Gasteiger partial charge in [0.1, 0.15) is 9.84 Å². The lowest BCUT2D eigenvalue weighted by Crippen LogP contribution is -2.50. The SMILES string of the molecule is CCCNC1CC2CCC(C1)N2CCS(C)(=O)=O. The van der Waals surface area contributed by atoms with Crippen molar-refractivity contribution in [2.45, 2.75) is 57.2 Å². The van der Waals surface area contributed by atoms with Crippen molar-refractivity contribution in [2.24, 2.45) is 0 Å². The van der Waals surface area contributed by atoms with Crippen molar-refractivity contribution in [3.05, 3.63) is 0 Å². The molecular formula is C13H26N2O2S. The third-order valence-electron chi connectivity index (χ3n) is 4.29. The van der Waals surface area contributed by atoms with Crippen LogP contribution in [-0.4, -0.2) is 56.5 Å². The van der Waals surface area contributed by atoms with Gasteiger partial charge < -0.3 is 5.32 Å². The lowest BCUT2D eigenvalue weighted by Gasteiger charge is -2.39. The summed E-state index contributed by atoms with van der Waals surface area (Å²) in [6.45, 7) is 4.03. The van der Waals surface area contributed by atoms with Crippen molar-refractivity contribution < 1.29 is 8.42 Å². The van der Waals surface area contributed by atoms with Gasteiger partial charge in [-0.25, -0.2) is 8.42 Å². The minimum atomic E-state index is -2.83. The number of sulfone groups is 1. The van der Waals surface area contributed by atoms with E-state index in [2.05, 4.69) is 17.1 Å². The second-order valence-electron chi connectivity index (χ2n) is 5.88. The molecule has 0 radical (unpaired) electrons. The Kier molecular flexibility index (Phi) is 4.67. The fraction of sp³-hybridized carbons (Fsp3) is 1.00. The monoisotopic (exact) mass is 274 g/mol. The minimum absolute atomic E-state index is 0.313. The van der Waals surface area contributed by atoms with E-state index in [1.54, 1.807) is 0 Å². The van der Waals surface area contributed by atoms with Gasteiger partial charge in [0.05, 0.1) is 5.75 Å². The topological polar surface area (TPSA) is 49.4 Å². The molecule has 2 saturated heterocycles. The number of hydrogen-bond donors (Lipinski definition) is 1. The molecule has 0 aromatic heterocycles. The summed E-state index contributed by atoms with van der Waals surface area (Å²) >= 11 is 0. The van der Waals surface area contributed by atoms with E-state index in [4.69, 9.17) is 0 Å². The van der Waals surface area contributed by atoms with E-state index in [9.17, 15) is 8.42 Å². The van der Waals surface area contributed by atoms with Gasteiger partial charge in [-0.15, -0.1) is 0 Å². The maximum atomic E-state index is 11.3. The Labute approximate surface area is 111 Å². The van der Waals surface area contributed by atoms with Crippen LogP contribution < -0.4 is 5.32 Å². The number of nitrogens with one attached hydrogen (secondary N) is 1. The van der Waals surface area contributed by atoms with E-state index in [-0.39, 0.29) is 0 Å². The van der Waals surface area contributed by atoms with Crippen LogP contribution in [0.3, 0.4) is 0 Å². The van der Waals surface area contributed by atoms with E-state index in [1.165, 1.54) is 38.4 Å². The van der Waals surface area contributed by atoms with Gasteiger partial charge in [-0.2, -0.15) is 0 Å². The van der Waals surface area contributed by atoms with Gasteiger partial charge in [-0.1, -0.05) is 6.92 Å². The van der Waals surface area contributed by atoms with Crippen LogP contribution in [0.1, 0.15) is 39.0 Å². The minimum Gasteiger partial charge on any atom is -0.314 e. The number of fused-ring (bicyclic) bond motifs is 2. The number of nitrogens with zero attached hydrogens (tertiary/aromatic N) is 1. The molecule has 2 unspecified atom stereocenters. The largest absolute Gasteiger partial charge is 0.314 e. The Morgan fingerprint density at radius 3 is 2.33 bits per heavy atom. The molecule has 2 aliphatic heterocycles. The standard InChI is InChI=1S/C13H26N2O2S/c1-3-6-14-11-9-12-4-5-13(10-11)15(12)7-8-18(2,16)17/h11-14H,3-10H2,1-2H3. The molecule has 106 valence electrons. The molecule has 18 heavy (non-hydrogen) atoms. The molecule has 2 bridgehead atoms. The smallest absolute Gasteiger partial charge is 0.148 e. The average Bonchev–Trinajstić information content (AvgIpc) is 2.53. The fourth-order valence-electron chi connectivity index (χ4n) is 3.43. The lowest BCUT2D eigenvalue weighted by molar-refractivity contribution is 0.124. The highest BCUT2D eigenvalue weighted by Crippen LogP contribution is 2.35. The van der Waals surface area contributed by atoms with Crippen molar-refractivity contribution in [3.8, 4) is 0 Å². The molecule has 0 aliphatic carbocycles. The fourth-order valence-corrected chi connectivity index (χ4v) is 3.97. The van der Waals surface area contributed by atoms with Crippen LogP contribution in [0.15, 0.2) is 0 Å². The van der Waals surface area contributed by atoms with Crippen molar-refractivity contribution in [1.29, 1.82) is 0 Å². The summed E-state index contributed by atoms with van der Waals surface area (Å²) in [7, 11) is -2.83. The molecule has 2 heterocycles. The molecule has 2 rings (SSSR count). The molecule has 2 fully saturated rings. The summed E-state index contributed by atoms with van der Waals surface area (Å²) in [5, 5.41) is 3.62. The van der Waals surface area contributed by atoms with Gasteiger partial charge in [0.15, 0.2) is 0 Å². The van der Waals surface area contributed by atoms with E-state index in [1.807, 2.05) is 0 Å². The molecule has 0 amide bonds. The zero-order valence-corrected chi connectivity index (χ0v) is 12.4. The van der Waals surface area contributed by atoms with Crippen molar-refractivity contribution in [1.82, 2.24) is 10.2 Å². The van der Waals surface area contributed by atoms with E-state index in [0.717, 1.165) is 13.1 Å². The lowest BCUT2D eigenvalue weighted by atomic mass is 9.97. The second kappa shape index (κ2) is 5.88. The Morgan fingerprint density at radius 1 is 1.22 bits per heavy atom. The van der Waals surface area contributed by atoms with Crippen LogP contribution in [0.25, 0.3) is 0 Å². The maximum absolute atomic E-state index is 11.3. The first kappa shape index (κ1) is 14.3. The molecule has 2 atom stereocenters. The third kappa shape index (κ3) is 3.68. The van der Waals surface area contributed by atoms with Gasteiger partial charge in [0, 0.05) is 30.9 Å². The Hall–Kier alpha value is -0.130. The molecule has 0 aromatic rings. The number of hydrogen-bond acceptors (Lipinski definition) is 4. The van der Waals surface area contributed by atoms with Gasteiger partial charge >= 0.3 is 0 Å². The van der Waals surface area contributed by atoms with Crippen molar-refractivity contribution in [3.63, 3.8) is 0 Å². The van der Waals surface area contributed by atoms with E-state index >= 15 is 0 Å². The van der Waals surface area contributed by atoms with E-state index < -0.39 is 9.84 Å². The second-order valence-corrected chi connectivity index (χ2v) is 8.13. The Bertz CT molecular complexity index is 355. The van der Waals surface area contributed by atoms with Crippen LogP contribution in [-0.2, 0) is 9.84 Å². The first-order valence-electron chi connectivity index (χ1n) is 7.16. The zero-order valence-electron chi connectivity index (χ0n) is 11.6. The number of rotatable bonds is 6. The van der Waals surface area contributed by atoms with Crippen molar-refractivity contribution >= 4 is 9.84 Å². The molecule has 1 N–H and O–H groups in total. The average molecular weight is 274 g/mol. The van der Waals surface area contributed by atoms with Crippen LogP contribution in [0.5, 0.6) is 0 Å². The predicted molar refractivity (Wildman–Crippen MR) is 74.5 cm³/mol. The summed E-state index contributed by atoms with van der Waals surface area (Å²) < 4.78 is 22.5. The van der Waals surface area contributed by atoms with Crippen LogP contribution in [0, 0.1) is 0 Å². The maximum Gasteiger partial charge on any atom is 0.148 e. The van der Waals surface area contributed by atoms with Gasteiger partial charge in [0.25, 0.3) is 0 Å². The first-order valence-corrected chi connectivity index (χ1v) is 9.22. The molecule has 0 aromatic carbocycles. The summed E-state index contributed by atoms with van der Waals surface area (Å²) in [5.74, 6) is 0.313. The van der Waals surface area contributed by atoms with Gasteiger partial charge in [0.2, 0.25) is 0 Å². The highest BCUT2D eigenvalue weighted by atomic mass is 32.2. The molecule has 2 aliphatic rings. The molecule has 0 saturated carbocycles. The first-order chi connectivity index (χ1) is 8.49. The van der Waals surface area contributed by atoms with Crippen molar-refractivity contribution in [2.75, 3.05) is 25.1 Å². The van der Waals surface area contributed by atoms with Crippen LogP contribution >= 0.6 is 0 Å². The normalized spacial score (nSPS) is 32.9. The zero-order chi connectivity index (χ0) is 13.2. The van der Waals surface area contributed by atoms with Gasteiger partial charge in [-0.05, 0) is 38.6 Å². The van der Waals surface area contributed by atoms with Crippen LogP contribution in [0.4, 0.5) is 0 Å². The Balaban J connectivity index is 1.86. The van der Waals surface area contributed by atoms with E-state index in [0.29, 0.717) is 23.9 Å². The quantitative estimate of drug-likeness (QED) is 0.786. The third-order valence-corrected chi connectivity index (χ3v) is 5.21. The summed E-state index contributed by atoms with van der Waals surface area (Å²) in [4.78, 5) is 2.45.